The normalized spacial score (nSPS) is 19.9. The quantitative estimate of drug-likeness (QED) is 0.827. The molecular formula is C20H26N4O3. The predicted octanol–water partition coefficient (Wildman–Crippen LogP) is 3.15. The molecule has 4 rings (SSSR count). The fourth-order valence-corrected chi connectivity index (χ4v) is 4.09. The predicted molar refractivity (Wildman–Crippen MR) is 103 cm³/mol. The van der Waals surface area contributed by atoms with E-state index in [1.54, 1.807) is 18.3 Å². The van der Waals surface area contributed by atoms with Gasteiger partial charge in [0.15, 0.2) is 0 Å². The Morgan fingerprint density at radius 1 is 1.22 bits per heavy atom. The molecule has 1 amide bonds. The number of hydrogen-bond acceptors (Lipinski definition) is 6. The van der Waals surface area contributed by atoms with Crippen molar-refractivity contribution in [3.05, 3.63) is 24.2 Å². The van der Waals surface area contributed by atoms with E-state index in [-0.39, 0.29) is 6.09 Å². The van der Waals surface area contributed by atoms with Crippen LogP contribution in [0.3, 0.4) is 0 Å². The van der Waals surface area contributed by atoms with Crippen molar-refractivity contribution < 1.29 is 14.3 Å². The minimum absolute atomic E-state index is 0.305. The topological polar surface area (TPSA) is 67.8 Å². The molecule has 7 nitrogen and oxygen atoms in total. The first kappa shape index (κ1) is 18.0. The summed E-state index contributed by atoms with van der Waals surface area (Å²) in [6.07, 6.45) is 2.94. The third kappa shape index (κ3) is 3.10. The van der Waals surface area contributed by atoms with Gasteiger partial charge in [-0.3, -0.25) is 4.90 Å². The Morgan fingerprint density at radius 3 is 2.63 bits per heavy atom. The van der Waals surface area contributed by atoms with Gasteiger partial charge in [-0.1, -0.05) is 0 Å². The fraction of sp³-hybridized carbons (Fsp3) is 0.550. The number of aromatic nitrogens is 2. The van der Waals surface area contributed by atoms with Crippen LogP contribution in [0.2, 0.25) is 0 Å². The summed E-state index contributed by atoms with van der Waals surface area (Å²) >= 11 is 0. The van der Waals surface area contributed by atoms with Gasteiger partial charge < -0.3 is 14.4 Å². The van der Waals surface area contributed by atoms with E-state index in [4.69, 9.17) is 9.47 Å². The van der Waals surface area contributed by atoms with E-state index >= 15 is 0 Å². The van der Waals surface area contributed by atoms with Gasteiger partial charge in [0.2, 0.25) is 0 Å². The number of likely N-dealkylation sites (tertiary alicyclic amines) is 1. The Balaban J connectivity index is 1.66. The number of anilines is 1. The summed E-state index contributed by atoms with van der Waals surface area (Å²) in [5.74, 6) is 0.620. The van der Waals surface area contributed by atoms with Crippen molar-refractivity contribution >= 4 is 22.7 Å². The molecule has 2 fully saturated rings. The molecule has 3 heterocycles. The smallest absolute Gasteiger partial charge is 0.415 e. The van der Waals surface area contributed by atoms with E-state index in [0.717, 1.165) is 48.2 Å². The minimum Gasteiger partial charge on any atom is -0.494 e. The number of fused-ring (bicyclic) bond motifs is 1. The molecule has 0 radical (unpaired) electrons. The summed E-state index contributed by atoms with van der Waals surface area (Å²) < 4.78 is 11.5. The van der Waals surface area contributed by atoms with Crippen LogP contribution < -0.4 is 9.64 Å². The Morgan fingerprint density at radius 2 is 1.96 bits per heavy atom. The molecule has 27 heavy (non-hydrogen) atoms. The van der Waals surface area contributed by atoms with Crippen molar-refractivity contribution in [1.29, 1.82) is 0 Å². The number of benzene rings is 1. The molecule has 7 heteroatoms. The maximum Gasteiger partial charge on any atom is 0.415 e. The summed E-state index contributed by atoms with van der Waals surface area (Å²) in [7, 11) is 1.61. The summed E-state index contributed by atoms with van der Waals surface area (Å²) in [5.41, 5.74) is 1.98. The third-order valence-electron chi connectivity index (χ3n) is 5.84. The number of hydrogen-bond donors (Lipinski definition) is 0. The van der Waals surface area contributed by atoms with Crippen molar-refractivity contribution in [2.24, 2.45) is 0 Å². The molecule has 2 saturated heterocycles. The molecule has 0 saturated carbocycles. The minimum atomic E-state index is -0.412. The molecule has 0 N–H and O–H groups in total. The Bertz CT molecular complexity index is 875. The van der Waals surface area contributed by atoms with Crippen molar-refractivity contribution in [2.45, 2.75) is 45.3 Å². The van der Waals surface area contributed by atoms with Crippen molar-refractivity contribution in [2.75, 3.05) is 31.6 Å². The number of carbonyl (C=O) groups is 1. The van der Waals surface area contributed by atoms with Gasteiger partial charge in [0.1, 0.15) is 17.7 Å². The summed E-state index contributed by atoms with van der Waals surface area (Å²) in [5, 5.41) is 0.914. The van der Waals surface area contributed by atoms with Crippen LogP contribution in [0.15, 0.2) is 18.5 Å². The maximum absolute atomic E-state index is 12.8. The van der Waals surface area contributed by atoms with Crippen LogP contribution in [0.4, 0.5) is 10.5 Å². The number of methoxy groups -OCH3 is 1. The van der Waals surface area contributed by atoms with Crippen LogP contribution in [0.25, 0.3) is 10.9 Å². The second-order valence-corrected chi connectivity index (χ2v) is 7.77. The van der Waals surface area contributed by atoms with Crippen LogP contribution in [0, 0.1) is 6.92 Å². The molecule has 2 aromatic rings. The van der Waals surface area contributed by atoms with Gasteiger partial charge in [-0.05, 0) is 26.8 Å². The van der Waals surface area contributed by atoms with Crippen molar-refractivity contribution in [1.82, 2.24) is 14.9 Å². The lowest BCUT2D eigenvalue weighted by Gasteiger charge is -2.39. The molecule has 1 aromatic carbocycles. The highest BCUT2D eigenvalue weighted by molar-refractivity contribution is 5.97. The lowest BCUT2D eigenvalue weighted by atomic mass is 9.90. The lowest BCUT2D eigenvalue weighted by Crippen LogP contribution is -2.48. The second-order valence-electron chi connectivity index (χ2n) is 7.77. The number of piperidine rings is 1. The first-order valence-electron chi connectivity index (χ1n) is 9.46. The molecule has 144 valence electrons. The second kappa shape index (κ2) is 6.64. The van der Waals surface area contributed by atoms with Crippen LogP contribution >= 0.6 is 0 Å². The lowest BCUT2D eigenvalue weighted by molar-refractivity contribution is -0.00605. The Kier molecular flexibility index (Phi) is 4.42. The molecule has 0 bridgehead atoms. The van der Waals surface area contributed by atoms with E-state index in [2.05, 4.69) is 28.7 Å². The number of nitrogens with zero attached hydrogens (tertiary/aromatic N) is 4. The molecule has 2 aliphatic heterocycles. The molecular weight excluding hydrogens is 344 g/mol. The number of amides is 1. The average molecular weight is 370 g/mol. The highest BCUT2D eigenvalue weighted by Gasteiger charge is 2.48. The molecule has 0 unspecified atom stereocenters. The zero-order valence-electron chi connectivity index (χ0n) is 16.4. The van der Waals surface area contributed by atoms with E-state index in [0.29, 0.717) is 18.3 Å². The first-order chi connectivity index (χ1) is 12.9. The van der Waals surface area contributed by atoms with Gasteiger partial charge >= 0.3 is 6.09 Å². The summed E-state index contributed by atoms with van der Waals surface area (Å²) in [4.78, 5) is 25.5. The summed E-state index contributed by atoms with van der Waals surface area (Å²) in [6, 6.07) is 4.31. The number of carbonyl (C=O) groups excluding carboxylic acids is 1. The average Bonchev–Trinajstić information content (AvgIpc) is 2.97. The monoisotopic (exact) mass is 370 g/mol. The first-order valence-corrected chi connectivity index (χ1v) is 9.46. The van der Waals surface area contributed by atoms with E-state index in [1.165, 1.54) is 0 Å². The maximum atomic E-state index is 12.8. The van der Waals surface area contributed by atoms with Crippen molar-refractivity contribution in [3.63, 3.8) is 0 Å². The van der Waals surface area contributed by atoms with E-state index in [1.807, 2.05) is 19.1 Å². The Labute approximate surface area is 159 Å². The van der Waals surface area contributed by atoms with Gasteiger partial charge in [-0.2, -0.15) is 0 Å². The fourth-order valence-electron chi connectivity index (χ4n) is 4.09. The highest BCUT2D eigenvalue weighted by atomic mass is 16.6. The van der Waals surface area contributed by atoms with Gasteiger partial charge in [0.25, 0.3) is 0 Å². The highest BCUT2D eigenvalue weighted by Crippen LogP contribution is 2.40. The molecule has 0 aliphatic carbocycles. The molecule has 2 aliphatic rings. The van der Waals surface area contributed by atoms with Crippen LogP contribution in [-0.4, -0.2) is 59.3 Å². The molecule has 1 aromatic heterocycles. The number of ether oxygens (including phenoxy) is 2. The number of rotatable bonds is 3. The SMILES string of the molecule is COc1cc2ncnc(C)c2cc1N1CC2(CCN(C(C)C)CC2)OC1=O. The largest absolute Gasteiger partial charge is 0.494 e. The third-order valence-corrected chi connectivity index (χ3v) is 5.84. The van der Waals surface area contributed by atoms with Crippen molar-refractivity contribution in [3.8, 4) is 5.75 Å². The molecule has 0 atom stereocenters. The zero-order valence-corrected chi connectivity index (χ0v) is 16.4. The van der Waals surface area contributed by atoms with Gasteiger partial charge in [0, 0.05) is 49.1 Å². The van der Waals surface area contributed by atoms with E-state index < -0.39 is 5.60 Å². The van der Waals surface area contributed by atoms with Gasteiger partial charge in [-0.25, -0.2) is 14.8 Å². The Hall–Kier alpha value is -2.41. The van der Waals surface area contributed by atoms with Crippen LogP contribution in [0.5, 0.6) is 5.75 Å². The van der Waals surface area contributed by atoms with Gasteiger partial charge in [-0.15, -0.1) is 0 Å². The summed E-state index contributed by atoms with van der Waals surface area (Å²) in [6.45, 7) is 8.78. The number of aryl methyl sites for hydroxylation is 1. The standard InChI is InChI=1S/C20H26N4O3/c1-13(2)23-7-5-20(6-8-23)11-24(19(25)27-20)17-9-15-14(3)21-12-22-16(15)10-18(17)26-4/h9-10,12-13H,5-8,11H2,1-4H3. The molecule has 1 spiro atoms. The van der Waals surface area contributed by atoms with Crippen LogP contribution in [0.1, 0.15) is 32.4 Å². The van der Waals surface area contributed by atoms with E-state index in [9.17, 15) is 4.79 Å². The van der Waals surface area contributed by atoms with Gasteiger partial charge in [0.05, 0.1) is 24.9 Å². The zero-order chi connectivity index (χ0) is 19.2. The van der Waals surface area contributed by atoms with Crippen LogP contribution in [-0.2, 0) is 4.74 Å².